The summed E-state index contributed by atoms with van der Waals surface area (Å²) < 4.78 is 10.4. The highest BCUT2D eigenvalue weighted by molar-refractivity contribution is 5.92. The number of hydrogen-bond acceptors (Lipinski definition) is 5. The first kappa shape index (κ1) is 15.8. The second-order valence-corrected chi connectivity index (χ2v) is 6.49. The van der Waals surface area contributed by atoms with E-state index in [9.17, 15) is 9.59 Å². The second kappa shape index (κ2) is 6.22. The van der Waals surface area contributed by atoms with Crippen molar-refractivity contribution < 1.29 is 18.8 Å². The van der Waals surface area contributed by atoms with Crippen LogP contribution in [0.4, 0.5) is 4.79 Å². The number of amides is 2. The van der Waals surface area contributed by atoms with Gasteiger partial charge in [-0.05, 0) is 13.3 Å². The molecule has 1 atom stereocenters. The Morgan fingerprint density at radius 2 is 2.17 bits per heavy atom. The lowest BCUT2D eigenvalue weighted by Gasteiger charge is -2.37. The van der Waals surface area contributed by atoms with E-state index in [0.717, 1.165) is 12.8 Å². The molecule has 3 rings (SSSR count). The van der Waals surface area contributed by atoms with Gasteiger partial charge in [-0.25, -0.2) is 4.79 Å². The lowest BCUT2D eigenvalue weighted by atomic mass is 9.90. The van der Waals surface area contributed by atoms with Crippen LogP contribution < -0.4 is 0 Å². The zero-order valence-corrected chi connectivity index (χ0v) is 13.7. The maximum absolute atomic E-state index is 12.3. The van der Waals surface area contributed by atoms with Crippen LogP contribution in [0.2, 0.25) is 0 Å². The molecule has 7 heteroatoms. The van der Waals surface area contributed by atoms with Crippen LogP contribution in [0.25, 0.3) is 0 Å². The first-order chi connectivity index (χ1) is 11.0. The summed E-state index contributed by atoms with van der Waals surface area (Å²) in [5.41, 5.74) is -0.123. The fraction of sp³-hybridized carbons (Fsp3) is 0.688. The maximum Gasteiger partial charge on any atom is 0.410 e. The first-order valence-electron chi connectivity index (χ1n) is 8.24. The fourth-order valence-corrected chi connectivity index (χ4v) is 3.42. The highest BCUT2D eigenvalue weighted by Gasteiger charge is 2.48. The lowest BCUT2D eigenvalue weighted by Crippen LogP contribution is -2.49. The summed E-state index contributed by atoms with van der Waals surface area (Å²) in [5.74, 6) is -0.130. The van der Waals surface area contributed by atoms with E-state index in [1.54, 1.807) is 11.0 Å². The summed E-state index contributed by atoms with van der Waals surface area (Å²) in [5, 5.41) is 3.69. The lowest BCUT2D eigenvalue weighted by molar-refractivity contribution is 0.00280. The number of carbonyl (C=O) groups is 2. The van der Waals surface area contributed by atoms with Crippen molar-refractivity contribution in [1.82, 2.24) is 15.0 Å². The van der Waals surface area contributed by atoms with Crippen molar-refractivity contribution in [1.29, 1.82) is 0 Å². The molecule has 2 amide bonds. The third-order valence-electron chi connectivity index (χ3n) is 4.85. The second-order valence-electron chi connectivity index (χ2n) is 6.49. The summed E-state index contributed by atoms with van der Waals surface area (Å²) in [6, 6.07) is 1.76. The maximum atomic E-state index is 12.3. The van der Waals surface area contributed by atoms with Gasteiger partial charge in [0.25, 0.3) is 5.91 Å². The van der Waals surface area contributed by atoms with Gasteiger partial charge in [-0.15, -0.1) is 0 Å². The zero-order chi connectivity index (χ0) is 16.4. The number of hydrogen-bond donors (Lipinski definition) is 0. The minimum Gasteiger partial charge on any atom is -0.441 e. The molecule has 0 aromatic carbocycles. The summed E-state index contributed by atoms with van der Waals surface area (Å²) in [6.07, 6.45) is 4.52. The number of ether oxygens (including phenoxy) is 1. The summed E-state index contributed by atoms with van der Waals surface area (Å²) in [4.78, 5) is 28.0. The molecule has 2 saturated heterocycles. The van der Waals surface area contributed by atoms with Crippen molar-refractivity contribution >= 4 is 12.0 Å². The molecule has 126 valence electrons. The summed E-state index contributed by atoms with van der Waals surface area (Å²) >= 11 is 0. The van der Waals surface area contributed by atoms with Gasteiger partial charge in [-0.3, -0.25) is 4.79 Å². The number of aromatic nitrogens is 1. The van der Waals surface area contributed by atoms with Crippen LogP contribution in [0.5, 0.6) is 0 Å². The number of piperidine rings is 1. The first-order valence-corrected chi connectivity index (χ1v) is 8.24. The van der Waals surface area contributed by atoms with Crippen molar-refractivity contribution in [3.05, 3.63) is 18.0 Å². The molecule has 0 radical (unpaired) electrons. The standard InChI is InChI=1S/C16H23N3O4/c1-3-4-12(2)19-11-16(23-15(19)21)6-8-18(9-7-16)14(20)13-5-10-22-17-13/h5,10,12H,3-4,6-9,11H2,1-2H3/t12-/m0/s1. The van der Waals surface area contributed by atoms with Crippen LogP contribution in [-0.2, 0) is 4.74 Å². The predicted molar refractivity (Wildman–Crippen MR) is 81.9 cm³/mol. The van der Waals surface area contributed by atoms with Crippen molar-refractivity contribution in [2.45, 2.75) is 51.2 Å². The Labute approximate surface area is 135 Å². The molecule has 0 saturated carbocycles. The largest absolute Gasteiger partial charge is 0.441 e. The number of carbonyl (C=O) groups excluding carboxylic acids is 2. The van der Waals surface area contributed by atoms with Crippen molar-refractivity contribution in [3.8, 4) is 0 Å². The average molecular weight is 321 g/mol. The quantitative estimate of drug-likeness (QED) is 0.850. The van der Waals surface area contributed by atoms with E-state index in [-0.39, 0.29) is 18.0 Å². The smallest absolute Gasteiger partial charge is 0.410 e. The van der Waals surface area contributed by atoms with Gasteiger partial charge in [0.05, 0.1) is 6.54 Å². The van der Waals surface area contributed by atoms with Gasteiger partial charge in [0.1, 0.15) is 11.9 Å². The molecule has 1 aromatic rings. The highest BCUT2D eigenvalue weighted by Crippen LogP contribution is 2.35. The van der Waals surface area contributed by atoms with E-state index in [2.05, 4.69) is 19.0 Å². The molecule has 0 bridgehead atoms. The molecule has 2 fully saturated rings. The van der Waals surface area contributed by atoms with Crippen LogP contribution in [0.15, 0.2) is 16.9 Å². The Hall–Kier alpha value is -2.05. The van der Waals surface area contributed by atoms with Crippen molar-refractivity contribution in [2.75, 3.05) is 19.6 Å². The van der Waals surface area contributed by atoms with Gasteiger partial charge in [-0.1, -0.05) is 18.5 Å². The van der Waals surface area contributed by atoms with E-state index in [0.29, 0.717) is 38.2 Å². The molecule has 2 aliphatic heterocycles. The van der Waals surface area contributed by atoms with Crippen LogP contribution in [-0.4, -0.2) is 58.2 Å². The van der Waals surface area contributed by atoms with Crippen LogP contribution in [0.1, 0.15) is 50.0 Å². The monoisotopic (exact) mass is 321 g/mol. The molecule has 23 heavy (non-hydrogen) atoms. The Kier molecular flexibility index (Phi) is 4.28. The van der Waals surface area contributed by atoms with Crippen molar-refractivity contribution in [3.63, 3.8) is 0 Å². The topological polar surface area (TPSA) is 75.9 Å². The van der Waals surface area contributed by atoms with E-state index < -0.39 is 5.60 Å². The van der Waals surface area contributed by atoms with E-state index in [1.165, 1.54) is 6.26 Å². The average Bonchev–Trinajstić information content (AvgIpc) is 3.16. The third kappa shape index (κ3) is 3.04. The Balaban J connectivity index is 1.60. The minimum absolute atomic E-state index is 0.130. The van der Waals surface area contributed by atoms with Gasteiger partial charge in [0.2, 0.25) is 0 Å². The molecular weight excluding hydrogens is 298 g/mol. The predicted octanol–water partition coefficient (Wildman–Crippen LogP) is 2.29. The number of rotatable bonds is 4. The Bertz CT molecular complexity index is 564. The van der Waals surface area contributed by atoms with Crippen LogP contribution >= 0.6 is 0 Å². The normalized spacial score (nSPS) is 21.6. The molecular formula is C16H23N3O4. The molecule has 3 heterocycles. The molecule has 2 aliphatic rings. The minimum atomic E-state index is -0.445. The van der Waals surface area contributed by atoms with Crippen LogP contribution in [0.3, 0.4) is 0 Å². The Morgan fingerprint density at radius 1 is 1.43 bits per heavy atom. The number of likely N-dealkylation sites (tertiary alicyclic amines) is 1. The molecule has 0 unspecified atom stereocenters. The van der Waals surface area contributed by atoms with Gasteiger partial charge >= 0.3 is 6.09 Å². The van der Waals surface area contributed by atoms with Gasteiger partial charge in [-0.2, -0.15) is 0 Å². The van der Waals surface area contributed by atoms with E-state index in [1.807, 2.05) is 4.90 Å². The molecule has 0 N–H and O–H groups in total. The molecule has 0 aliphatic carbocycles. The molecule has 7 nitrogen and oxygen atoms in total. The number of nitrogens with zero attached hydrogens (tertiary/aromatic N) is 3. The third-order valence-corrected chi connectivity index (χ3v) is 4.85. The highest BCUT2D eigenvalue weighted by atomic mass is 16.6. The van der Waals surface area contributed by atoms with E-state index >= 15 is 0 Å². The molecule has 1 spiro atoms. The SMILES string of the molecule is CCC[C@H](C)N1CC2(CCN(C(=O)c3ccon3)CC2)OC1=O. The van der Waals surface area contributed by atoms with Gasteiger partial charge < -0.3 is 19.1 Å². The summed E-state index contributed by atoms with van der Waals surface area (Å²) in [7, 11) is 0. The Morgan fingerprint density at radius 3 is 2.78 bits per heavy atom. The van der Waals surface area contributed by atoms with Gasteiger partial charge in [0.15, 0.2) is 5.69 Å². The van der Waals surface area contributed by atoms with Crippen LogP contribution in [0, 0.1) is 0 Å². The summed E-state index contributed by atoms with van der Waals surface area (Å²) in [6.45, 7) is 5.93. The van der Waals surface area contributed by atoms with Crippen molar-refractivity contribution in [2.24, 2.45) is 0 Å². The zero-order valence-electron chi connectivity index (χ0n) is 13.7. The molecule has 1 aromatic heterocycles. The van der Waals surface area contributed by atoms with E-state index in [4.69, 9.17) is 9.26 Å². The van der Waals surface area contributed by atoms with Gasteiger partial charge in [0, 0.05) is 38.0 Å². The fourth-order valence-electron chi connectivity index (χ4n) is 3.42.